The van der Waals surface area contributed by atoms with Gasteiger partial charge >= 0.3 is 0 Å². The highest BCUT2D eigenvalue weighted by Gasteiger charge is 2.40. The van der Waals surface area contributed by atoms with E-state index in [-0.39, 0.29) is 35.2 Å². The van der Waals surface area contributed by atoms with Crippen LogP contribution in [0.25, 0.3) is 0 Å². The van der Waals surface area contributed by atoms with Gasteiger partial charge in [-0.15, -0.1) is 11.3 Å². The molecule has 1 N–H and O–H groups in total. The van der Waals surface area contributed by atoms with Crippen LogP contribution >= 0.6 is 11.3 Å². The lowest BCUT2D eigenvalue weighted by molar-refractivity contribution is -0.137. The van der Waals surface area contributed by atoms with Crippen LogP contribution in [0, 0.1) is 0 Å². The van der Waals surface area contributed by atoms with Crippen LogP contribution in [0.2, 0.25) is 0 Å². The first-order valence-electron chi connectivity index (χ1n) is 14.2. The third kappa shape index (κ3) is 7.09. The Labute approximate surface area is 234 Å². The summed E-state index contributed by atoms with van der Waals surface area (Å²) in [6.07, 6.45) is 1.36. The molecule has 38 heavy (non-hydrogen) atoms. The number of nitrogens with zero attached hydrogens (tertiary/aromatic N) is 3. The molecule has 1 aromatic carbocycles. The number of benzene rings is 1. The molecule has 2 saturated heterocycles. The van der Waals surface area contributed by atoms with Crippen LogP contribution in [0.15, 0.2) is 29.6 Å². The van der Waals surface area contributed by atoms with Crippen LogP contribution in [0.4, 0.5) is 10.8 Å². The number of aromatic nitrogens is 1. The van der Waals surface area contributed by atoms with Crippen molar-refractivity contribution in [1.82, 2.24) is 4.98 Å². The summed E-state index contributed by atoms with van der Waals surface area (Å²) in [6, 6.07) is 8.87. The molecule has 7 heteroatoms. The molecule has 4 rings (SSSR count). The Morgan fingerprint density at radius 3 is 2.11 bits per heavy atom. The molecular formula is C31H49N3O3S. The average Bonchev–Trinajstić information content (AvgIpc) is 3.33. The van der Waals surface area contributed by atoms with Gasteiger partial charge in [-0.2, -0.15) is 0 Å². The molecule has 2 aliphatic heterocycles. The smallest absolute Gasteiger partial charge is 0.185 e. The first-order valence-corrected chi connectivity index (χ1v) is 15.1. The summed E-state index contributed by atoms with van der Waals surface area (Å²) in [7, 11) is 0. The van der Waals surface area contributed by atoms with Crippen LogP contribution in [0.5, 0.6) is 0 Å². The molecule has 5 atom stereocenters. The summed E-state index contributed by atoms with van der Waals surface area (Å²) < 4.78 is 12.6. The summed E-state index contributed by atoms with van der Waals surface area (Å²) in [6.45, 7) is 22.6. The zero-order chi connectivity index (χ0) is 27.9. The second-order valence-corrected chi connectivity index (χ2v) is 14.6. The zero-order valence-electron chi connectivity index (χ0n) is 25.0. The van der Waals surface area contributed by atoms with Crippen molar-refractivity contribution < 1.29 is 14.6 Å². The Morgan fingerprint density at radius 1 is 0.868 bits per heavy atom. The maximum Gasteiger partial charge on any atom is 0.185 e. The molecule has 0 amide bonds. The highest BCUT2D eigenvalue weighted by molar-refractivity contribution is 7.13. The largest absolute Gasteiger partial charge is 0.387 e. The summed E-state index contributed by atoms with van der Waals surface area (Å²) in [5.41, 5.74) is 2.88. The normalized spacial score (nSPS) is 26.9. The number of hydrogen-bond donors (Lipinski definition) is 1. The van der Waals surface area contributed by atoms with E-state index in [4.69, 9.17) is 14.5 Å². The maximum absolute atomic E-state index is 11.6. The van der Waals surface area contributed by atoms with Crippen LogP contribution in [0.1, 0.15) is 86.4 Å². The molecule has 0 spiro atoms. The SMILES string of the molecule is C[C@@H]1CN(c2nc(C(C)(C)C)cs2)C[C@H](CCC(C)(O)[C@@H]2CN(c3ccc(C(C)(C)C)cc3)C[C@H](C)O2)O1. The molecule has 0 bridgehead atoms. The number of aliphatic hydroxyl groups is 1. The molecule has 2 fully saturated rings. The van der Waals surface area contributed by atoms with Crippen LogP contribution in [-0.2, 0) is 20.3 Å². The van der Waals surface area contributed by atoms with Gasteiger partial charge in [0.2, 0.25) is 0 Å². The number of ether oxygens (including phenoxy) is 2. The van der Waals surface area contributed by atoms with E-state index in [1.807, 2.05) is 6.92 Å². The number of morpholine rings is 2. The van der Waals surface area contributed by atoms with Gasteiger partial charge in [-0.25, -0.2) is 4.98 Å². The van der Waals surface area contributed by atoms with Gasteiger partial charge in [0.25, 0.3) is 0 Å². The highest BCUT2D eigenvalue weighted by Crippen LogP contribution is 2.33. The summed E-state index contributed by atoms with van der Waals surface area (Å²) in [5, 5.41) is 14.9. The molecule has 2 aromatic rings. The van der Waals surface area contributed by atoms with E-state index in [0.29, 0.717) is 13.0 Å². The monoisotopic (exact) mass is 543 g/mol. The van der Waals surface area contributed by atoms with Crippen molar-refractivity contribution in [2.24, 2.45) is 0 Å². The number of anilines is 2. The van der Waals surface area contributed by atoms with E-state index in [1.165, 1.54) is 11.3 Å². The minimum absolute atomic E-state index is 0.0460. The van der Waals surface area contributed by atoms with Gasteiger partial charge in [0.15, 0.2) is 5.13 Å². The molecular weight excluding hydrogens is 494 g/mol. The van der Waals surface area contributed by atoms with E-state index in [1.54, 1.807) is 11.3 Å². The second-order valence-electron chi connectivity index (χ2n) is 13.8. The molecule has 3 heterocycles. The Bertz CT molecular complexity index is 1050. The summed E-state index contributed by atoms with van der Waals surface area (Å²) in [4.78, 5) is 9.65. The fraction of sp³-hybridized carbons (Fsp3) is 0.710. The molecule has 0 aliphatic carbocycles. The van der Waals surface area contributed by atoms with Crippen molar-refractivity contribution in [2.45, 2.75) is 116 Å². The Morgan fingerprint density at radius 2 is 1.50 bits per heavy atom. The van der Waals surface area contributed by atoms with E-state index < -0.39 is 5.60 Å². The van der Waals surface area contributed by atoms with Gasteiger partial charge in [-0.1, -0.05) is 53.7 Å². The molecule has 1 unspecified atom stereocenters. The Balaban J connectivity index is 1.38. The molecule has 212 valence electrons. The van der Waals surface area contributed by atoms with Crippen molar-refractivity contribution >= 4 is 22.2 Å². The van der Waals surface area contributed by atoms with Gasteiger partial charge in [0, 0.05) is 42.7 Å². The Kier molecular flexibility index (Phi) is 8.54. The van der Waals surface area contributed by atoms with E-state index in [2.05, 4.69) is 94.8 Å². The minimum atomic E-state index is -0.951. The fourth-order valence-corrected chi connectivity index (χ4v) is 6.48. The lowest BCUT2D eigenvalue weighted by Gasteiger charge is -2.45. The topological polar surface area (TPSA) is 58.1 Å². The van der Waals surface area contributed by atoms with Gasteiger partial charge in [0.1, 0.15) is 6.10 Å². The minimum Gasteiger partial charge on any atom is -0.387 e. The van der Waals surface area contributed by atoms with Crippen LogP contribution in [-0.4, -0.2) is 66.3 Å². The standard InChI is InChI=1S/C31H49N3O3S/c1-21-17-34(28-32-26(20-38-28)30(6,7)8)18-25(36-21)14-15-31(9,35)27-19-33(16-22(2)37-27)24-12-10-23(11-13-24)29(3,4)5/h10-13,20-22,25,27,35H,14-19H2,1-9H3/t21-,22+,25+,27+,31?/m1/s1. The number of rotatable bonds is 6. The third-order valence-electron chi connectivity index (χ3n) is 7.88. The molecule has 1 aromatic heterocycles. The van der Waals surface area contributed by atoms with Gasteiger partial charge in [-0.05, 0) is 56.7 Å². The Hall–Kier alpha value is -1.67. The van der Waals surface area contributed by atoms with E-state index >= 15 is 0 Å². The highest BCUT2D eigenvalue weighted by atomic mass is 32.1. The molecule has 2 aliphatic rings. The van der Waals surface area contributed by atoms with Crippen molar-refractivity contribution in [1.29, 1.82) is 0 Å². The predicted molar refractivity (Wildman–Crippen MR) is 159 cm³/mol. The lowest BCUT2D eigenvalue weighted by atomic mass is 9.87. The zero-order valence-corrected chi connectivity index (χ0v) is 25.8. The molecule has 0 radical (unpaired) electrons. The average molecular weight is 544 g/mol. The van der Waals surface area contributed by atoms with E-state index in [0.717, 1.165) is 36.9 Å². The quantitative estimate of drug-likeness (QED) is 0.471. The van der Waals surface area contributed by atoms with Crippen molar-refractivity contribution in [3.63, 3.8) is 0 Å². The van der Waals surface area contributed by atoms with Crippen LogP contribution < -0.4 is 9.80 Å². The number of hydrogen-bond acceptors (Lipinski definition) is 7. The lowest BCUT2D eigenvalue weighted by Crippen LogP contribution is -2.56. The molecule has 0 saturated carbocycles. The fourth-order valence-electron chi connectivity index (χ4n) is 5.41. The summed E-state index contributed by atoms with van der Waals surface area (Å²) in [5.74, 6) is 0. The van der Waals surface area contributed by atoms with Gasteiger partial charge in [0.05, 0.1) is 29.6 Å². The number of thiazole rings is 1. The van der Waals surface area contributed by atoms with Crippen molar-refractivity contribution in [3.05, 3.63) is 40.9 Å². The molecule has 6 nitrogen and oxygen atoms in total. The first-order chi connectivity index (χ1) is 17.6. The van der Waals surface area contributed by atoms with Crippen molar-refractivity contribution in [3.8, 4) is 0 Å². The van der Waals surface area contributed by atoms with Crippen molar-refractivity contribution in [2.75, 3.05) is 36.0 Å². The van der Waals surface area contributed by atoms with E-state index in [9.17, 15) is 5.11 Å². The third-order valence-corrected chi connectivity index (χ3v) is 8.78. The second kappa shape index (κ2) is 11.1. The summed E-state index contributed by atoms with van der Waals surface area (Å²) >= 11 is 1.72. The predicted octanol–water partition coefficient (Wildman–Crippen LogP) is 6.16. The van der Waals surface area contributed by atoms with Gasteiger partial charge < -0.3 is 24.4 Å². The first kappa shape index (κ1) is 29.3. The van der Waals surface area contributed by atoms with Gasteiger partial charge in [-0.3, -0.25) is 0 Å². The van der Waals surface area contributed by atoms with Crippen LogP contribution in [0.3, 0.4) is 0 Å². The maximum atomic E-state index is 11.6.